The van der Waals surface area contributed by atoms with Gasteiger partial charge < -0.3 is 18.9 Å². The van der Waals surface area contributed by atoms with Gasteiger partial charge in [0.1, 0.15) is 12.4 Å². The largest absolute Gasteiger partial charge is 0.486 e. The maximum Gasteiger partial charge on any atom is 0.219 e. The lowest BCUT2D eigenvalue weighted by Gasteiger charge is -2.30. The van der Waals surface area contributed by atoms with Crippen molar-refractivity contribution in [3.8, 4) is 11.5 Å². The summed E-state index contributed by atoms with van der Waals surface area (Å²) in [4.78, 5) is 17.9. The summed E-state index contributed by atoms with van der Waals surface area (Å²) in [6.45, 7) is 2.92. The second-order valence-corrected chi connectivity index (χ2v) is 5.35. The minimum absolute atomic E-state index is 0.00883. The number of aromatic nitrogens is 2. The molecule has 0 bridgehead atoms. The molecule has 0 unspecified atom stereocenters. The number of hydrogen-bond donors (Lipinski definition) is 0. The minimum Gasteiger partial charge on any atom is -0.486 e. The van der Waals surface area contributed by atoms with E-state index in [0.29, 0.717) is 19.7 Å². The first-order chi connectivity index (χ1) is 10.6. The first kappa shape index (κ1) is 14.4. The van der Waals surface area contributed by atoms with Gasteiger partial charge in [0.15, 0.2) is 17.6 Å². The molecule has 3 rings (SSSR count). The summed E-state index contributed by atoms with van der Waals surface area (Å²) in [5, 5.41) is 0. The van der Waals surface area contributed by atoms with Crippen molar-refractivity contribution in [3.63, 3.8) is 0 Å². The van der Waals surface area contributed by atoms with Crippen molar-refractivity contribution in [1.82, 2.24) is 14.5 Å². The molecule has 1 atom stereocenters. The Hall–Kier alpha value is -2.50. The standard InChI is InChI=1S/C16H19N3O3/c1-12(20)19(10-16-17-7-8-18(16)2)9-13-11-21-14-5-3-4-6-15(14)22-13/h3-8,13H,9-11H2,1-2H3/t13-/m0/s1. The molecule has 0 radical (unpaired) electrons. The molecule has 6 nitrogen and oxygen atoms in total. The highest BCUT2D eigenvalue weighted by molar-refractivity contribution is 5.73. The van der Waals surface area contributed by atoms with Crippen LogP contribution in [0.15, 0.2) is 36.7 Å². The number of fused-ring (bicyclic) bond motifs is 1. The van der Waals surface area contributed by atoms with Crippen molar-refractivity contribution < 1.29 is 14.3 Å². The average Bonchev–Trinajstić information content (AvgIpc) is 2.91. The number of hydrogen-bond acceptors (Lipinski definition) is 4. The zero-order chi connectivity index (χ0) is 15.5. The third-order valence-electron chi connectivity index (χ3n) is 3.69. The number of para-hydroxylation sites is 2. The Morgan fingerprint density at radius 3 is 2.86 bits per heavy atom. The van der Waals surface area contributed by atoms with Gasteiger partial charge in [-0.2, -0.15) is 0 Å². The third kappa shape index (κ3) is 3.05. The fourth-order valence-electron chi connectivity index (χ4n) is 2.42. The van der Waals surface area contributed by atoms with E-state index in [4.69, 9.17) is 9.47 Å². The molecule has 0 aliphatic carbocycles. The lowest BCUT2D eigenvalue weighted by Crippen LogP contribution is -2.42. The van der Waals surface area contributed by atoms with Gasteiger partial charge in [0.2, 0.25) is 5.91 Å². The Labute approximate surface area is 129 Å². The number of carbonyl (C=O) groups is 1. The average molecular weight is 301 g/mol. The van der Waals surface area contributed by atoms with Gasteiger partial charge >= 0.3 is 0 Å². The number of carbonyl (C=O) groups excluding carboxylic acids is 1. The van der Waals surface area contributed by atoms with E-state index in [1.54, 1.807) is 18.0 Å². The quantitative estimate of drug-likeness (QED) is 0.861. The fraction of sp³-hybridized carbons (Fsp3) is 0.375. The first-order valence-corrected chi connectivity index (χ1v) is 7.23. The minimum atomic E-state index is -0.181. The normalized spacial score (nSPS) is 16.4. The Balaban J connectivity index is 1.67. The molecule has 1 aromatic carbocycles. The molecular formula is C16H19N3O3. The highest BCUT2D eigenvalue weighted by Crippen LogP contribution is 2.31. The number of aryl methyl sites for hydroxylation is 1. The van der Waals surface area contributed by atoms with E-state index in [9.17, 15) is 4.79 Å². The summed E-state index contributed by atoms with van der Waals surface area (Å²) in [5.74, 6) is 2.30. The van der Waals surface area contributed by atoms with Gasteiger partial charge in [-0.15, -0.1) is 0 Å². The molecule has 2 aromatic rings. The molecule has 6 heteroatoms. The number of amides is 1. The SMILES string of the molecule is CC(=O)N(Cc1nccn1C)C[C@H]1COc2ccccc2O1. The van der Waals surface area contributed by atoms with Crippen LogP contribution in [0.5, 0.6) is 11.5 Å². The molecule has 0 fully saturated rings. The van der Waals surface area contributed by atoms with Crippen LogP contribution in [0.3, 0.4) is 0 Å². The van der Waals surface area contributed by atoms with E-state index in [0.717, 1.165) is 17.3 Å². The molecule has 0 N–H and O–H groups in total. The van der Waals surface area contributed by atoms with Gasteiger partial charge in [0.25, 0.3) is 0 Å². The van der Waals surface area contributed by atoms with Crippen molar-refractivity contribution >= 4 is 5.91 Å². The Morgan fingerprint density at radius 1 is 1.41 bits per heavy atom. The van der Waals surface area contributed by atoms with Crippen LogP contribution in [0, 0.1) is 0 Å². The molecule has 1 amide bonds. The lowest BCUT2D eigenvalue weighted by molar-refractivity contribution is -0.131. The van der Waals surface area contributed by atoms with Gasteiger partial charge in [-0.25, -0.2) is 4.98 Å². The Bertz CT molecular complexity index is 668. The predicted molar refractivity (Wildman–Crippen MR) is 80.7 cm³/mol. The zero-order valence-corrected chi connectivity index (χ0v) is 12.7. The van der Waals surface area contributed by atoms with Crippen molar-refractivity contribution in [2.45, 2.75) is 19.6 Å². The lowest BCUT2D eigenvalue weighted by atomic mass is 10.2. The number of benzene rings is 1. The fourth-order valence-corrected chi connectivity index (χ4v) is 2.42. The monoisotopic (exact) mass is 301 g/mol. The van der Waals surface area contributed by atoms with Gasteiger partial charge in [0, 0.05) is 26.4 Å². The maximum absolute atomic E-state index is 11.9. The van der Waals surface area contributed by atoms with E-state index in [1.807, 2.05) is 42.1 Å². The van der Waals surface area contributed by atoms with Crippen LogP contribution in [0.2, 0.25) is 0 Å². The first-order valence-electron chi connectivity index (χ1n) is 7.23. The molecule has 1 aliphatic heterocycles. The number of imidazole rings is 1. The van der Waals surface area contributed by atoms with E-state index < -0.39 is 0 Å². The number of nitrogens with zero attached hydrogens (tertiary/aromatic N) is 3. The van der Waals surface area contributed by atoms with Crippen LogP contribution in [0.4, 0.5) is 0 Å². The predicted octanol–water partition coefficient (Wildman–Crippen LogP) is 1.61. The zero-order valence-electron chi connectivity index (χ0n) is 12.7. The second kappa shape index (κ2) is 6.09. The molecular weight excluding hydrogens is 282 g/mol. The highest BCUT2D eigenvalue weighted by Gasteiger charge is 2.24. The third-order valence-corrected chi connectivity index (χ3v) is 3.69. The van der Waals surface area contributed by atoms with Crippen LogP contribution in [0.25, 0.3) is 0 Å². The molecule has 1 aliphatic rings. The van der Waals surface area contributed by atoms with E-state index in [-0.39, 0.29) is 12.0 Å². The Kier molecular flexibility index (Phi) is 4.00. The number of rotatable bonds is 4. The molecule has 116 valence electrons. The second-order valence-electron chi connectivity index (χ2n) is 5.35. The van der Waals surface area contributed by atoms with Gasteiger partial charge in [-0.1, -0.05) is 12.1 Å². The van der Waals surface area contributed by atoms with Crippen LogP contribution in [-0.4, -0.2) is 39.6 Å². The summed E-state index contributed by atoms with van der Waals surface area (Å²) in [6.07, 6.45) is 3.41. The summed E-state index contributed by atoms with van der Waals surface area (Å²) in [7, 11) is 1.91. The van der Waals surface area contributed by atoms with Crippen LogP contribution in [0.1, 0.15) is 12.7 Å². The summed E-state index contributed by atoms with van der Waals surface area (Å²) in [5.41, 5.74) is 0. The summed E-state index contributed by atoms with van der Waals surface area (Å²) < 4.78 is 13.5. The number of ether oxygens (including phenoxy) is 2. The van der Waals surface area contributed by atoms with Crippen LogP contribution < -0.4 is 9.47 Å². The van der Waals surface area contributed by atoms with E-state index in [1.165, 1.54) is 0 Å². The van der Waals surface area contributed by atoms with Crippen LogP contribution in [-0.2, 0) is 18.4 Å². The van der Waals surface area contributed by atoms with Gasteiger partial charge in [0.05, 0.1) is 13.1 Å². The molecule has 0 saturated heterocycles. The van der Waals surface area contributed by atoms with Gasteiger partial charge in [-0.3, -0.25) is 4.79 Å². The molecule has 1 aromatic heterocycles. The molecule has 22 heavy (non-hydrogen) atoms. The summed E-state index contributed by atoms with van der Waals surface area (Å²) >= 11 is 0. The van der Waals surface area contributed by atoms with Crippen molar-refractivity contribution in [1.29, 1.82) is 0 Å². The molecule has 0 spiro atoms. The van der Waals surface area contributed by atoms with Crippen molar-refractivity contribution in [3.05, 3.63) is 42.5 Å². The summed E-state index contributed by atoms with van der Waals surface area (Å²) in [6, 6.07) is 7.56. The Morgan fingerprint density at radius 2 is 2.18 bits per heavy atom. The molecule has 2 heterocycles. The van der Waals surface area contributed by atoms with Crippen molar-refractivity contribution in [2.75, 3.05) is 13.2 Å². The molecule has 0 saturated carbocycles. The maximum atomic E-state index is 11.9. The van der Waals surface area contributed by atoms with E-state index >= 15 is 0 Å². The van der Waals surface area contributed by atoms with Gasteiger partial charge in [-0.05, 0) is 12.1 Å². The van der Waals surface area contributed by atoms with Crippen molar-refractivity contribution in [2.24, 2.45) is 7.05 Å². The highest BCUT2D eigenvalue weighted by atomic mass is 16.6. The van der Waals surface area contributed by atoms with Crippen LogP contribution >= 0.6 is 0 Å². The topological polar surface area (TPSA) is 56.6 Å². The smallest absolute Gasteiger partial charge is 0.219 e. The van der Waals surface area contributed by atoms with E-state index in [2.05, 4.69) is 4.98 Å².